The number of carbonyl (C=O) groups excluding carboxylic acids is 2. The van der Waals surface area contributed by atoms with Crippen molar-refractivity contribution in [2.45, 2.75) is 19.1 Å². The zero-order valence-corrected chi connectivity index (χ0v) is 17.4. The zero-order chi connectivity index (χ0) is 21.2. The fourth-order valence-electron chi connectivity index (χ4n) is 2.70. The van der Waals surface area contributed by atoms with Crippen molar-refractivity contribution >= 4 is 28.8 Å². The average molecular weight is 429 g/mol. The number of nitrogens with zero attached hydrogens (tertiary/aromatic N) is 2. The van der Waals surface area contributed by atoms with Crippen LogP contribution in [0, 0.1) is 0 Å². The van der Waals surface area contributed by atoms with Crippen molar-refractivity contribution in [2.75, 3.05) is 25.6 Å². The number of aromatic nitrogens is 2. The van der Waals surface area contributed by atoms with E-state index in [-0.39, 0.29) is 37.5 Å². The quantitative estimate of drug-likeness (QED) is 0.490. The summed E-state index contributed by atoms with van der Waals surface area (Å²) in [5.74, 6) is 0.346. The van der Waals surface area contributed by atoms with Crippen molar-refractivity contribution < 1.29 is 19.1 Å². The summed E-state index contributed by atoms with van der Waals surface area (Å²) in [6, 6.07) is 13.2. The van der Waals surface area contributed by atoms with Crippen molar-refractivity contribution in [1.82, 2.24) is 15.1 Å². The number of anilines is 1. The van der Waals surface area contributed by atoms with Crippen molar-refractivity contribution in [1.29, 1.82) is 0 Å². The predicted molar refractivity (Wildman–Crippen MR) is 114 cm³/mol. The lowest BCUT2D eigenvalue weighted by Crippen LogP contribution is -2.31. The van der Waals surface area contributed by atoms with Crippen molar-refractivity contribution in [2.24, 2.45) is 0 Å². The van der Waals surface area contributed by atoms with Crippen LogP contribution < -0.4 is 15.4 Å². The van der Waals surface area contributed by atoms with E-state index >= 15 is 0 Å². The Morgan fingerprint density at radius 2 is 2.00 bits per heavy atom. The highest BCUT2D eigenvalue weighted by Gasteiger charge is 2.14. The third-order valence-electron chi connectivity index (χ3n) is 4.19. The number of thiophene rings is 1. The Balaban J connectivity index is 1.38. The van der Waals surface area contributed by atoms with Crippen LogP contribution in [0.2, 0.25) is 0 Å². The molecule has 2 heterocycles. The number of rotatable bonds is 11. The lowest BCUT2D eigenvalue weighted by Gasteiger charge is -2.14. The molecule has 30 heavy (non-hydrogen) atoms. The Hall–Kier alpha value is -3.17. The first kappa shape index (κ1) is 21.5. The summed E-state index contributed by atoms with van der Waals surface area (Å²) >= 11 is 1.58. The van der Waals surface area contributed by atoms with E-state index in [1.165, 1.54) is 10.9 Å². The second-order valence-corrected chi connectivity index (χ2v) is 7.41. The molecule has 2 N–H and O–H groups in total. The molecule has 0 saturated carbocycles. The maximum Gasteiger partial charge on any atom is 0.241 e. The van der Waals surface area contributed by atoms with E-state index in [0.717, 1.165) is 10.6 Å². The Morgan fingerprint density at radius 1 is 1.17 bits per heavy atom. The van der Waals surface area contributed by atoms with Gasteiger partial charge in [0.15, 0.2) is 0 Å². The molecule has 0 radical (unpaired) electrons. The Bertz CT molecular complexity index is 928. The number of ether oxygens (including phenoxy) is 2. The molecule has 2 aromatic heterocycles. The van der Waals surface area contributed by atoms with Crippen LogP contribution >= 0.6 is 11.3 Å². The van der Waals surface area contributed by atoms with Gasteiger partial charge in [-0.1, -0.05) is 24.3 Å². The molecule has 9 heteroatoms. The molecule has 0 bridgehead atoms. The second kappa shape index (κ2) is 11.1. The summed E-state index contributed by atoms with van der Waals surface area (Å²) in [6.45, 7) is 0.702. The van der Waals surface area contributed by atoms with Crippen LogP contribution in [0.1, 0.15) is 17.4 Å². The van der Waals surface area contributed by atoms with Crippen LogP contribution in [0.3, 0.4) is 0 Å². The molecule has 3 rings (SSSR count). The lowest BCUT2D eigenvalue weighted by molar-refractivity contribution is -0.122. The molecular formula is C21H24N4O4S. The van der Waals surface area contributed by atoms with Gasteiger partial charge in [0.2, 0.25) is 11.8 Å². The van der Waals surface area contributed by atoms with Crippen molar-refractivity contribution in [3.05, 3.63) is 65.1 Å². The molecule has 0 aliphatic rings. The molecule has 0 aliphatic heterocycles. The van der Waals surface area contributed by atoms with E-state index in [1.807, 2.05) is 47.8 Å². The maximum atomic E-state index is 12.2. The molecule has 0 spiro atoms. The summed E-state index contributed by atoms with van der Waals surface area (Å²) < 4.78 is 12.4. The van der Waals surface area contributed by atoms with Gasteiger partial charge in [-0.05, 0) is 23.6 Å². The van der Waals surface area contributed by atoms with E-state index in [1.54, 1.807) is 24.6 Å². The fraction of sp³-hybridized carbons (Fsp3) is 0.286. The molecule has 0 saturated heterocycles. The molecule has 3 aromatic rings. The molecule has 2 amide bonds. The van der Waals surface area contributed by atoms with Gasteiger partial charge in [0.05, 0.1) is 24.9 Å². The van der Waals surface area contributed by atoms with Gasteiger partial charge >= 0.3 is 0 Å². The third-order valence-corrected chi connectivity index (χ3v) is 5.16. The standard InChI is InChI=1S/C21H24N4O4S/c1-28-18(19-8-5-11-30-19)13-22-21(27)15-25-14-16(12-23-25)24-20(26)9-10-29-17-6-3-2-4-7-17/h2-8,11-12,14,18H,9-10,13,15H2,1H3,(H,22,27)(H,24,26)/t18-/m1/s1. The average Bonchev–Trinajstić information content (AvgIpc) is 3.42. The first-order chi connectivity index (χ1) is 14.6. The fourth-order valence-corrected chi connectivity index (χ4v) is 3.50. The molecule has 0 aliphatic carbocycles. The minimum absolute atomic E-state index is 0.0495. The third kappa shape index (κ3) is 6.71. The molecule has 158 valence electrons. The number of hydrogen-bond donors (Lipinski definition) is 2. The van der Waals surface area contributed by atoms with Gasteiger partial charge in [-0.2, -0.15) is 5.10 Å². The summed E-state index contributed by atoms with van der Waals surface area (Å²) in [6.07, 6.45) is 3.15. The normalized spacial score (nSPS) is 11.6. The number of carbonyl (C=O) groups is 2. The minimum Gasteiger partial charge on any atom is -0.493 e. The molecule has 0 fully saturated rings. The molecule has 1 aromatic carbocycles. The topological polar surface area (TPSA) is 94.5 Å². The van der Waals surface area contributed by atoms with E-state index in [0.29, 0.717) is 12.2 Å². The SMILES string of the molecule is CO[C@H](CNC(=O)Cn1cc(NC(=O)CCOc2ccccc2)cn1)c1cccs1. The number of hydrogen-bond acceptors (Lipinski definition) is 6. The zero-order valence-electron chi connectivity index (χ0n) is 16.6. The van der Waals surface area contributed by atoms with E-state index in [2.05, 4.69) is 15.7 Å². The van der Waals surface area contributed by atoms with E-state index in [9.17, 15) is 9.59 Å². The van der Waals surface area contributed by atoms with Crippen LogP contribution in [-0.2, 0) is 20.9 Å². The van der Waals surface area contributed by atoms with Crippen LogP contribution in [-0.4, -0.2) is 41.9 Å². The van der Waals surface area contributed by atoms with Crippen LogP contribution in [0.25, 0.3) is 0 Å². The maximum absolute atomic E-state index is 12.2. The smallest absolute Gasteiger partial charge is 0.241 e. The highest BCUT2D eigenvalue weighted by Crippen LogP contribution is 2.20. The number of amides is 2. The van der Waals surface area contributed by atoms with Gasteiger partial charge < -0.3 is 20.1 Å². The van der Waals surface area contributed by atoms with Gasteiger partial charge in [-0.3, -0.25) is 14.3 Å². The first-order valence-corrected chi connectivity index (χ1v) is 10.3. The predicted octanol–water partition coefficient (Wildman–Crippen LogP) is 2.86. The highest BCUT2D eigenvalue weighted by atomic mass is 32.1. The Kier molecular flexibility index (Phi) is 7.99. The van der Waals surface area contributed by atoms with Gasteiger partial charge in [0.1, 0.15) is 18.4 Å². The number of methoxy groups -OCH3 is 1. The van der Waals surface area contributed by atoms with Crippen LogP contribution in [0.15, 0.2) is 60.2 Å². The summed E-state index contributed by atoms with van der Waals surface area (Å²) in [4.78, 5) is 25.3. The number of benzene rings is 1. The Labute approximate surface area is 178 Å². The number of para-hydroxylation sites is 1. The Morgan fingerprint density at radius 3 is 2.73 bits per heavy atom. The molecule has 1 atom stereocenters. The molecule has 8 nitrogen and oxygen atoms in total. The number of nitrogens with one attached hydrogen (secondary N) is 2. The van der Waals surface area contributed by atoms with Gasteiger partial charge in [0.25, 0.3) is 0 Å². The van der Waals surface area contributed by atoms with Gasteiger partial charge in [-0.15, -0.1) is 11.3 Å². The minimum atomic E-state index is -0.189. The summed E-state index contributed by atoms with van der Waals surface area (Å²) in [5.41, 5.74) is 0.529. The molecule has 0 unspecified atom stereocenters. The van der Waals surface area contributed by atoms with Gasteiger partial charge in [0, 0.05) is 24.7 Å². The molecular weight excluding hydrogens is 404 g/mol. The summed E-state index contributed by atoms with van der Waals surface area (Å²) in [7, 11) is 1.61. The highest BCUT2D eigenvalue weighted by molar-refractivity contribution is 7.10. The monoisotopic (exact) mass is 428 g/mol. The lowest BCUT2D eigenvalue weighted by atomic mass is 10.3. The van der Waals surface area contributed by atoms with Crippen LogP contribution in [0.5, 0.6) is 5.75 Å². The van der Waals surface area contributed by atoms with Crippen molar-refractivity contribution in [3.63, 3.8) is 0 Å². The summed E-state index contributed by atoms with van der Waals surface area (Å²) in [5, 5.41) is 11.7. The van der Waals surface area contributed by atoms with E-state index < -0.39 is 0 Å². The largest absolute Gasteiger partial charge is 0.493 e. The van der Waals surface area contributed by atoms with E-state index in [4.69, 9.17) is 9.47 Å². The second-order valence-electron chi connectivity index (χ2n) is 6.43. The van der Waals surface area contributed by atoms with Crippen molar-refractivity contribution in [3.8, 4) is 5.75 Å². The first-order valence-electron chi connectivity index (χ1n) is 9.47. The van der Waals surface area contributed by atoms with Gasteiger partial charge in [-0.25, -0.2) is 0 Å². The van der Waals surface area contributed by atoms with Crippen LogP contribution in [0.4, 0.5) is 5.69 Å².